The highest BCUT2D eigenvalue weighted by molar-refractivity contribution is 8.00. The summed E-state index contributed by atoms with van der Waals surface area (Å²) in [6, 6.07) is 16.9. The molecule has 2 bridgehead atoms. The van der Waals surface area contributed by atoms with E-state index in [1.54, 1.807) is 18.9 Å². The predicted molar refractivity (Wildman–Crippen MR) is 143 cm³/mol. The molecule has 4 aliphatic carbocycles. The third-order valence-electron chi connectivity index (χ3n) is 10.5. The van der Waals surface area contributed by atoms with E-state index >= 15 is 0 Å². The lowest BCUT2D eigenvalue weighted by Crippen LogP contribution is -2.55. The summed E-state index contributed by atoms with van der Waals surface area (Å²) in [4.78, 5) is 27.4. The molecule has 0 heterocycles. The minimum absolute atomic E-state index is 0.0342. The summed E-state index contributed by atoms with van der Waals surface area (Å²) >= 11 is 1.80. The second-order valence-corrected chi connectivity index (χ2v) is 12.8. The van der Waals surface area contributed by atoms with Crippen LogP contribution in [0.1, 0.15) is 63.0 Å². The first-order valence-electron chi connectivity index (χ1n) is 13.5. The Balaban J connectivity index is 1.53. The molecule has 7 atom stereocenters. The molecule has 3 fully saturated rings. The van der Waals surface area contributed by atoms with Gasteiger partial charge < -0.3 is 14.2 Å². The number of esters is 2. The minimum atomic E-state index is -0.844. The van der Waals surface area contributed by atoms with E-state index in [4.69, 9.17) is 14.2 Å². The summed E-state index contributed by atoms with van der Waals surface area (Å²) in [7, 11) is 3.19. The Hall–Kier alpha value is -2.47. The number of carbonyl (C=O) groups is 2. The van der Waals surface area contributed by atoms with Crippen LogP contribution in [-0.2, 0) is 25.5 Å². The van der Waals surface area contributed by atoms with Crippen molar-refractivity contribution in [1.29, 1.82) is 0 Å². The van der Waals surface area contributed by atoms with Crippen molar-refractivity contribution >= 4 is 23.7 Å². The monoisotopic (exact) mass is 520 g/mol. The summed E-state index contributed by atoms with van der Waals surface area (Å²) in [6.07, 6.45) is 5.69. The van der Waals surface area contributed by atoms with Crippen molar-refractivity contribution in [1.82, 2.24) is 0 Å². The van der Waals surface area contributed by atoms with Gasteiger partial charge in [0.1, 0.15) is 17.3 Å². The predicted octanol–water partition coefficient (Wildman–Crippen LogP) is 6.19. The standard InChI is InChI=1S/C31H36O5S/c1-19(32)36-31-17-16-30(27(26(31)28(33)35-4)37-22-8-6-5-7-9-22)25-13-10-20-18-21(34-3)11-12-23(20)24(25)14-15-29(30,31)2/h5-9,11-12,18,24-27H,10,13-17H2,1-4H3/t24-,25-,26-,27+,29+,30-,31+/m1/s1. The van der Waals surface area contributed by atoms with Crippen LogP contribution < -0.4 is 4.74 Å². The second-order valence-electron chi connectivity index (χ2n) is 11.6. The van der Waals surface area contributed by atoms with Crippen LogP contribution >= 0.6 is 11.8 Å². The fourth-order valence-corrected chi connectivity index (χ4v) is 11.1. The minimum Gasteiger partial charge on any atom is -0.497 e. The lowest BCUT2D eigenvalue weighted by atomic mass is 9.48. The smallest absolute Gasteiger partial charge is 0.313 e. The van der Waals surface area contributed by atoms with Crippen molar-refractivity contribution in [3.63, 3.8) is 0 Å². The molecule has 0 amide bonds. The molecule has 6 rings (SSSR count). The van der Waals surface area contributed by atoms with Gasteiger partial charge in [0.25, 0.3) is 0 Å². The Labute approximate surface area is 223 Å². The SMILES string of the molecule is COC(=O)[C@H]1[C@H](Sc2ccccc2)[C@]23CC[C@@]1(OC(C)=O)[C@@]2(C)CC[C@@H]1c2ccc(OC)cc2CC[C@H]13. The summed E-state index contributed by atoms with van der Waals surface area (Å²) in [5, 5.41) is -0.0342. The van der Waals surface area contributed by atoms with Gasteiger partial charge in [-0.2, -0.15) is 0 Å². The second kappa shape index (κ2) is 8.79. The molecule has 0 unspecified atom stereocenters. The topological polar surface area (TPSA) is 61.8 Å². The first-order valence-corrected chi connectivity index (χ1v) is 14.4. The van der Waals surface area contributed by atoms with Gasteiger partial charge in [0, 0.05) is 22.5 Å². The van der Waals surface area contributed by atoms with Gasteiger partial charge in [0.05, 0.1) is 14.2 Å². The van der Waals surface area contributed by atoms with Gasteiger partial charge in [-0.3, -0.25) is 9.59 Å². The van der Waals surface area contributed by atoms with Crippen molar-refractivity contribution in [2.24, 2.45) is 22.7 Å². The van der Waals surface area contributed by atoms with Crippen LogP contribution in [0.5, 0.6) is 5.75 Å². The van der Waals surface area contributed by atoms with Crippen LogP contribution in [-0.4, -0.2) is 37.0 Å². The third kappa shape index (κ3) is 3.23. The zero-order valence-corrected chi connectivity index (χ0v) is 22.9. The van der Waals surface area contributed by atoms with Crippen LogP contribution in [0, 0.1) is 22.7 Å². The van der Waals surface area contributed by atoms with Gasteiger partial charge in [0.2, 0.25) is 0 Å². The van der Waals surface area contributed by atoms with Crippen molar-refractivity contribution in [3.05, 3.63) is 59.7 Å². The van der Waals surface area contributed by atoms with E-state index in [2.05, 4.69) is 49.4 Å². The quantitative estimate of drug-likeness (QED) is 0.438. The molecular formula is C31H36O5S. The van der Waals surface area contributed by atoms with Crippen molar-refractivity contribution in [2.75, 3.05) is 14.2 Å². The average Bonchev–Trinajstić information content (AvgIpc) is 3.26. The molecular weight excluding hydrogens is 484 g/mol. The van der Waals surface area contributed by atoms with E-state index in [9.17, 15) is 9.59 Å². The lowest BCUT2D eigenvalue weighted by Gasteiger charge is -2.58. The molecule has 0 saturated heterocycles. The van der Waals surface area contributed by atoms with Crippen LogP contribution in [0.4, 0.5) is 0 Å². The molecule has 37 heavy (non-hydrogen) atoms. The molecule has 5 nitrogen and oxygen atoms in total. The highest BCUT2D eigenvalue weighted by Crippen LogP contribution is 2.82. The van der Waals surface area contributed by atoms with Gasteiger partial charge in [-0.15, -0.1) is 11.8 Å². The van der Waals surface area contributed by atoms with E-state index in [-0.39, 0.29) is 28.0 Å². The molecule has 2 aromatic rings. The Morgan fingerprint density at radius 2 is 1.78 bits per heavy atom. The Morgan fingerprint density at radius 1 is 1.00 bits per heavy atom. The van der Waals surface area contributed by atoms with E-state index in [0.717, 1.165) is 42.7 Å². The maximum Gasteiger partial charge on any atom is 0.313 e. The summed E-state index contributed by atoms with van der Waals surface area (Å²) < 4.78 is 17.4. The number of ether oxygens (including phenoxy) is 3. The maximum atomic E-state index is 13.7. The fraction of sp³-hybridized carbons (Fsp3) is 0.548. The zero-order chi connectivity index (χ0) is 26.0. The van der Waals surface area contributed by atoms with E-state index in [0.29, 0.717) is 18.3 Å². The normalized spacial score (nSPS) is 37.2. The molecule has 4 aliphatic rings. The highest BCUT2D eigenvalue weighted by Gasteiger charge is 2.84. The molecule has 0 radical (unpaired) electrons. The number of hydrogen-bond donors (Lipinski definition) is 0. The van der Waals surface area contributed by atoms with Crippen molar-refractivity contribution < 1.29 is 23.8 Å². The van der Waals surface area contributed by atoms with E-state index in [1.165, 1.54) is 25.2 Å². The average molecular weight is 521 g/mol. The summed E-state index contributed by atoms with van der Waals surface area (Å²) in [6.45, 7) is 3.81. The Kier molecular flexibility index (Phi) is 5.90. The van der Waals surface area contributed by atoms with E-state index < -0.39 is 11.5 Å². The number of benzene rings is 2. The Bertz CT molecular complexity index is 1230. The van der Waals surface area contributed by atoms with Crippen LogP contribution in [0.3, 0.4) is 0 Å². The summed E-state index contributed by atoms with van der Waals surface area (Å²) in [5.74, 6) is 0.684. The van der Waals surface area contributed by atoms with E-state index in [1.807, 2.05) is 6.07 Å². The molecule has 3 saturated carbocycles. The number of methoxy groups -OCH3 is 2. The first-order chi connectivity index (χ1) is 17.8. The van der Waals surface area contributed by atoms with Crippen molar-refractivity contribution in [3.8, 4) is 5.75 Å². The van der Waals surface area contributed by atoms with Crippen LogP contribution in [0.15, 0.2) is 53.4 Å². The van der Waals surface area contributed by atoms with Crippen molar-refractivity contribution in [2.45, 2.75) is 74.0 Å². The maximum absolute atomic E-state index is 13.7. The molecule has 6 heteroatoms. The van der Waals surface area contributed by atoms with Gasteiger partial charge in [0.15, 0.2) is 0 Å². The number of fused-ring (bicyclic) bond motifs is 3. The molecule has 0 aliphatic heterocycles. The lowest BCUT2D eigenvalue weighted by molar-refractivity contribution is -0.187. The number of thioether (sulfide) groups is 1. The summed E-state index contributed by atoms with van der Waals surface area (Å²) in [5.41, 5.74) is 1.52. The Morgan fingerprint density at radius 3 is 2.49 bits per heavy atom. The third-order valence-corrected chi connectivity index (χ3v) is 12.0. The largest absolute Gasteiger partial charge is 0.497 e. The van der Waals surface area contributed by atoms with Gasteiger partial charge in [-0.25, -0.2) is 0 Å². The molecule has 196 valence electrons. The zero-order valence-electron chi connectivity index (χ0n) is 22.1. The van der Waals surface area contributed by atoms with Gasteiger partial charge in [-0.1, -0.05) is 31.2 Å². The highest BCUT2D eigenvalue weighted by atomic mass is 32.2. The fourth-order valence-electron chi connectivity index (χ4n) is 9.26. The molecule has 2 aromatic carbocycles. The van der Waals surface area contributed by atoms with Gasteiger partial charge >= 0.3 is 11.9 Å². The number of aryl methyl sites for hydroxylation is 1. The van der Waals surface area contributed by atoms with Crippen LogP contribution in [0.2, 0.25) is 0 Å². The number of carbonyl (C=O) groups excluding carboxylic acids is 2. The molecule has 0 spiro atoms. The first kappa shape index (κ1) is 24.8. The number of rotatable bonds is 5. The molecule has 0 aromatic heterocycles. The van der Waals surface area contributed by atoms with Gasteiger partial charge in [-0.05, 0) is 91.2 Å². The number of hydrogen-bond acceptors (Lipinski definition) is 6. The van der Waals surface area contributed by atoms with Crippen LogP contribution in [0.25, 0.3) is 0 Å². The molecule has 0 N–H and O–H groups in total.